The molecule has 3 heteroatoms. The Morgan fingerprint density at radius 1 is 0.857 bits per heavy atom. The smallest absolute Gasteiger partial charge is 0.0332 e. The minimum atomic E-state index is -0.140. The van der Waals surface area contributed by atoms with E-state index in [0.29, 0.717) is 11.8 Å². The van der Waals surface area contributed by atoms with Gasteiger partial charge in [-0.3, -0.25) is 0 Å². The highest BCUT2D eigenvalue weighted by molar-refractivity contribution is 9.10. The van der Waals surface area contributed by atoms with Gasteiger partial charge in [0.2, 0.25) is 0 Å². The average Bonchev–Trinajstić information content (AvgIpc) is 2.54. The molecule has 0 radical (unpaired) electrons. The van der Waals surface area contributed by atoms with Crippen LogP contribution in [0, 0.1) is 0 Å². The fourth-order valence-electron chi connectivity index (χ4n) is 2.55. The number of aryl methyl sites for hydroxylation is 1. The maximum atomic E-state index is 6.28. The second kappa shape index (κ2) is 8.22. The molecule has 0 nitrogen and oxygen atoms in total. The molecule has 0 spiro atoms. The predicted octanol–water partition coefficient (Wildman–Crippen LogP) is 6.19. The van der Waals surface area contributed by atoms with Crippen molar-refractivity contribution in [3.05, 3.63) is 70.2 Å². The first-order chi connectivity index (χ1) is 10.2. The summed E-state index contributed by atoms with van der Waals surface area (Å²) in [7, 11) is 0. The van der Waals surface area contributed by atoms with Crippen LogP contribution in [0.15, 0.2) is 59.1 Å². The molecule has 0 unspecified atom stereocenters. The van der Waals surface area contributed by atoms with Gasteiger partial charge in [-0.05, 0) is 42.5 Å². The van der Waals surface area contributed by atoms with Gasteiger partial charge in [0, 0.05) is 21.6 Å². The highest BCUT2D eigenvalue weighted by Gasteiger charge is 2.30. The van der Waals surface area contributed by atoms with Crippen LogP contribution in [0.4, 0.5) is 0 Å². The zero-order valence-electron chi connectivity index (χ0n) is 11.9. The molecule has 0 atom stereocenters. The summed E-state index contributed by atoms with van der Waals surface area (Å²) in [5, 5.41) is 0. The highest BCUT2D eigenvalue weighted by atomic mass is 79.9. The maximum Gasteiger partial charge on any atom is 0.0332 e. The van der Waals surface area contributed by atoms with E-state index in [0.717, 1.165) is 23.7 Å². The molecule has 2 aromatic carbocycles. The lowest BCUT2D eigenvalue weighted by Crippen LogP contribution is -2.30. The standard InChI is InChI=1S/C18H19BrCl2/c19-17-10-8-16(9-11-17)18(13-20,14-21)12-4-7-15-5-2-1-3-6-15/h1-3,5-6,8-11H,4,7,12-14H2. The average molecular weight is 386 g/mol. The van der Waals surface area contributed by atoms with Crippen molar-refractivity contribution in [3.8, 4) is 0 Å². The zero-order chi connectivity index (χ0) is 15.1. The van der Waals surface area contributed by atoms with Gasteiger partial charge in [0.15, 0.2) is 0 Å². The van der Waals surface area contributed by atoms with E-state index in [9.17, 15) is 0 Å². The Labute approximate surface area is 145 Å². The van der Waals surface area contributed by atoms with Gasteiger partial charge in [0.25, 0.3) is 0 Å². The molecule has 0 heterocycles. The van der Waals surface area contributed by atoms with E-state index >= 15 is 0 Å². The summed E-state index contributed by atoms with van der Waals surface area (Å²) in [6, 6.07) is 18.9. The Morgan fingerprint density at radius 2 is 1.48 bits per heavy atom. The molecule has 2 rings (SSSR count). The largest absolute Gasteiger partial charge is 0.126 e. The Kier molecular flexibility index (Phi) is 6.60. The first-order valence-corrected chi connectivity index (χ1v) is 8.98. The second-order valence-corrected chi connectivity index (χ2v) is 6.84. The van der Waals surface area contributed by atoms with E-state index in [2.05, 4.69) is 64.5 Å². The molecule has 21 heavy (non-hydrogen) atoms. The van der Waals surface area contributed by atoms with Crippen LogP contribution >= 0.6 is 39.1 Å². The van der Waals surface area contributed by atoms with Crippen molar-refractivity contribution >= 4 is 39.1 Å². The first-order valence-electron chi connectivity index (χ1n) is 7.12. The lowest BCUT2D eigenvalue weighted by molar-refractivity contribution is 0.472. The fourth-order valence-corrected chi connectivity index (χ4v) is 3.67. The van der Waals surface area contributed by atoms with E-state index in [1.54, 1.807) is 0 Å². The van der Waals surface area contributed by atoms with Gasteiger partial charge in [0.1, 0.15) is 0 Å². The van der Waals surface area contributed by atoms with Crippen molar-refractivity contribution in [1.82, 2.24) is 0 Å². The van der Waals surface area contributed by atoms with Crippen LogP contribution in [-0.4, -0.2) is 11.8 Å². The molecule has 0 N–H and O–H groups in total. The van der Waals surface area contributed by atoms with E-state index < -0.39 is 0 Å². The van der Waals surface area contributed by atoms with Crippen LogP contribution in [0.1, 0.15) is 24.0 Å². The molecular weight excluding hydrogens is 367 g/mol. The molecular formula is C18H19BrCl2. The quantitative estimate of drug-likeness (QED) is 0.498. The van der Waals surface area contributed by atoms with Crippen molar-refractivity contribution in [2.24, 2.45) is 0 Å². The molecule has 0 aliphatic heterocycles. The summed E-state index contributed by atoms with van der Waals surface area (Å²) in [6.07, 6.45) is 3.14. The minimum Gasteiger partial charge on any atom is -0.126 e. The number of hydrogen-bond donors (Lipinski definition) is 0. The van der Waals surface area contributed by atoms with Crippen molar-refractivity contribution in [2.75, 3.05) is 11.8 Å². The fraction of sp³-hybridized carbons (Fsp3) is 0.333. The Bertz CT molecular complexity index is 533. The van der Waals surface area contributed by atoms with Crippen LogP contribution < -0.4 is 0 Å². The third-order valence-electron chi connectivity index (χ3n) is 3.93. The van der Waals surface area contributed by atoms with Gasteiger partial charge in [-0.15, -0.1) is 23.2 Å². The van der Waals surface area contributed by atoms with Crippen LogP contribution in [-0.2, 0) is 11.8 Å². The van der Waals surface area contributed by atoms with Crippen molar-refractivity contribution in [3.63, 3.8) is 0 Å². The van der Waals surface area contributed by atoms with Crippen molar-refractivity contribution in [1.29, 1.82) is 0 Å². The van der Waals surface area contributed by atoms with Crippen LogP contribution in [0.5, 0.6) is 0 Å². The summed E-state index contributed by atoms with van der Waals surface area (Å²) in [5.41, 5.74) is 2.45. The number of rotatable bonds is 7. The lowest BCUT2D eigenvalue weighted by Gasteiger charge is -2.30. The number of benzene rings is 2. The molecule has 0 amide bonds. The summed E-state index contributed by atoms with van der Waals surface area (Å²) < 4.78 is 1.08. The molecule has 0 saturated carbocycles. The monoisotopic (exact) mass is 384 g/mol. The lowest BCUT2D eigenvalue weighted by atomic mass is 9.79. The van der Waals surface area contributed by atoms with Gasteiger partial charge in [-0.2, -0.15) is 0 Å². The topological polar surface area (TPSA) is 0 Å². The summed E-state index contributed by atoms with van der Waals surface area (Å²) in [4.78, 5) is 0. The molecule has 112 valence electrons. The maximum absolute atomic E-state index is 6.28. The second-order valence-electron chi connectivity index (χ2n) is 5.39. The predicted molar refractivity (Wildman–Crippen MR) is 96.6 cm³/mol. The minimum absolute atomic E-state index is 0.140. The van der Waals surface area contributed by atoms with Gasteiger partial charge in [0.05, 0.1) is 0 Å². The van der Waals surface area contributed by atoms with Crippen molar-refractivity contribution < 1.29 is 0 Å². The SMILES string of the molecule is ClCC(CCl)(CCCc1ccccc1)c1ccc(Br)cc1. The third kappa shape index (κ3) is 4.48. The van der Waals surface area contributed by atoms with Gasteiger partial charge >= 0.3 is 0 Å². The molecule has 0 saturated heterocycles. The molecule has 0 bridgehead atoms. The van der Waals surface area contributed by atoms with Crippen LogP contribution in [0.3, 0.4) is 0 Å². The van der Waals surface area contributed by atoms with Gasteiger partial charge in [-0.25, -0.2) is 0 Å². The Balaban J connectivity index is 2.06. The van der Waals surface area contributed by atoms with E-state index in [-0.39, 0.29) is 5.41 Å². The summed E-state index contributed by atoms with van der Waals surface area (Å²) in [5.74, 6) is 1.10. The number of halogens is 3. The zero-order valence-corrected chi connectivity index (χ0v) is 15.0. The van der Waals surface area contributed by atoms with Crippen molar-refractivity contribution in [2.45, 2.75) is 24.7 Å². The normalized spacial score (nSPS) is 11.6. The summed E-state index contributed by atoms with van der Waals surface area (Å²) >= 11 is 16.0. The number of hydrogen-bond acceptors (Lipinski definition) is 0. The van der Waals surface area contributed by atoms with E-state index in [1.165, 1.54) is 11.1 Å². The number of alkyl halides is 2. The molecule has 0 aromatic heterocycles. The van der Waals surface area contributed by atoms with Gasteiger partial charge in [-0.1, -0.05) is 58.4 Å². The van der Waals surface area contributed by atoms with Crippen LogP contribution in [0.2, 0.25) is 0 Å². The molecule has 2 aromatic rings. The van der Waals surface area contributed by atoms with E-state index in [4.69, 9.17) is 23.2 Å². The van der Waals surface area contributed by atoms with Gasteiger partial charge < -0.3 is 0 Å². The van der Waals surface area contributed by atoms with E-state index in [1.807, 2.05) is 6.07 Å². The highest BCUT2D eigenvalue weighted by Crippen LogP contribution is 2.33. The molecule has 0 aliphatic rings. The summed E-state index contributed by atoms with van der Waals surface area (Å²) in [6.45, 7) is 0. The van der Waals surface area contributed by atoms with Crippen LogP contribution in [0.25, 0.3) is 0 Å². The molecule has 0 aliphatic carbocycles. The Hall–Kier alpha value is -0.500. The molecule has 0 fully saturated rings. The Morgan fingerprint density at radius 3 is 2.05 bits per heavy atom. The first kappa shape index (κ1) is 16.9. The third-order valence-corrected chi connectivity index (χ3v) is 5.48.